The monoisotopic (exact) mass is 193 g/mol. The van der Waals surface area contributed by atoms with Crippen molar-refractivity contribution < 1.29 is 5.48 Å². The minimum atomic E-state index is -0.342. The van der Waals surface area contributed by atoms with Crippen LogP contribution in [0.3, 0.4) is 0 Å². The first-order chi connectivity index (χ1) is 8.02. The van der Waals surface area contributed by atoms with Gasteiger partial charge in [0.15, 0.2) is 0 Å². The third-order valence-corrected chi connectivity index (χ3v) is 1.93. The minimum Gasteiger partial charge on any atom is -0.256 e. The van der Waals surface area contributed by atoms with Crippen molar-refractivity contribution in [1.82, 2.24) is 4.98 Å². The van der Waals surface area contributed by atoms with Crippen molar-refractivity contribution in [3.63, 3.8) is 0 Å². The zero-order valence-corrected chi connectivity index (χ0v) is 7.39. The molecule has 1 aromatic heterocycles. The Labute approximate surface area is 87.6 Å². The summed E-state index contributed by atoms with van der Waals surface area (Å²) in [7, 11) is 0. The smallest absolute Gasteiger partial charge is 0.0840 e. The molecule has 2 aromatic rings. The van der Waals surface area contributed by atoms with Gasteiger partial charge in [-0.25, -0.2) is 0 Å². The van der Waals surface area contributed by atoms with Crippen LogP contribution in [0.25, 0.3) is 11.3 Å². The molecule has 0 radical (unpaired) electrons. The number of benzene rings is 1. The first-order valence-electron chi connectivity index (χ1n) is 5.71. The van der Waals surface area contributed by atoms with Crippen LogP contribution in [0, 0.1) is 0 Å². The van der Waals surface area contributed by atoms with E-state index in [2.05, 4.69) is 4.98 Å². The summed E-state index contributed by atoms with van der Waals surface area (Å²) >= 11 is 5.98. The van der Waals surface area contributed by atoms with Crippen LogP contribution in [0.15, 0.2) is 48.6 Å². The van der Waals surface area contributed by atoms with E-state index in [0.29, 0.717) is 10.6 Å². The minimum absolute atomic E-state index is 0.168. The number of hydrogen-bond donors (Lipinski definition) is 0. The third kappa shape index (κ3) is 1.70. The summed E-state index contributed by atoms with van der Waals surface area (Å²) in [6, 6.07) is 5.98. The average molecular weight is 194 g/mol. The molecule has 0 N–H and O–H groups in total. The van der Waals surface area contributed by atoms with E-state index in [1.54, 1.807) is 24.3 Å². The molecule has 0 saturated heterocycles. The molecule has 0 amide bonds. The first kappa shape index (κ1) is 4.77. The second-order valence-corrected chi connectivity index (χ2v) is 2.83. The number of rotatable bonds is 1. The van der Waals surface area contributed by atoms with Crippen LogP contribution < -0.4 is 0 Å². The van der Waals surface area contributed by atoms with E-state index in [1.807, 2.05) is 0 Å². The molecular formula is C11H8ClN. The molecule has 0 unspecified atom stereocenters. The Bertz CT molecular complexity index is 586. The van der Waals surface area contributed by atoms with Crippen LogP contribution in [0.4, 0.5) is 0 Å². The Morgan fingerprint density at radius 1 is 1.23 bits per heavy atom. The molecule has 1 heterocycles. The van der Waals surface area contributed by atoms with Crippen LogP contribution in [-0.4, -0.2) is 4.98 Å². The summed E-state index contributed by atoms with van der Waals surface area (Å²) in [5, 5.41) is 0.407. The summed E-state index contributed by atoms with van der Waals surface area (Å²) in [6.07, 6.45) is -0.319. The normalized spacial score (nSPS) is 14.2. The van der Waals surface area contributed by atoms with Gasteiger partial charge in [0.1, 0.15) is 0 Å². The fourth-order valence-corrected chi connectivity index (χ4v) is 1.24. The van der Waals surface area contributed by atoms with Crippen LogP contribution in [0.5, 0.6) is 0 Å². The maximum Gasteiger partial charge on any atom is 0.0840 e. The summed E-state index contributed by atoms with van der Waals surface area (Å²) in [4.78, 5) is 3.85. The lowest BCUT2D eigenvalue weighted by Crippen LogP contribution is -1.81. The van der Waals surface area contributed by atoms with Crippen molar-refractivity contribution in [3.05, 3.63) is 53.6 Å². The molecule has 1 aromatic carbocycles. The third-order valence-electron chi connectivity index (χ3n) is 1.60. The van der Waals surface area contributed by atoms with Gasteiger partial charge in [-0.05, 0) is 18.2 Å². The van der Waals surface area contributed by atoms with Gasteiger partial charge in [0, 0.05) is 16.8 Å². The predicted molar refractivity (Wildman–Crippen MR) is 54.7 cm³/mol. The number of halogens is 1. The maximum atomic E-state index is 7.75. The van der Waals surface area contributed by atoms with Gasteiger partial charge in [-0.3, -0.25) is 4.98 Å². The zero-order valence-electron chi connectivity index (χ0n) is 10.6. The lowest BCUT2D eigenvalue weighted by atomic mass is 10.1. The lowest BCUT2D eigenvalue weighted by molar-refractivity contribution is 1.33. The van der Waals surface area contributed by atoms with E-state index in [9.17, 15) is 0 Å². The van der Waals surface area contributed by atoms with Gasteiger partial charge < -0.3 is 0 Å². The largest absolute Gasteiger partial charge is 0.256 e. The summed E-state index contributed by atoms with van der Waals surface area (Å²) in [6.45, 7) is 0. The molecule has 1 nitrogen and oxygen atoms in total. The Morgan fingerprint density at radius 3 is 2.92 bits per heavy atom. The number of hydrogen-bond acceptors (Lipinski definition) is 1. The standard InChI is InChI=1S/C11H8ClN/c12-10-6-2-1-5-9(10)11-7-3-4-8-13-11/h1-8H/i3D,4D,7D,8D. The van der Waals surface area contributed by atoms with Crippen molar-refractivity contribution in [2.45, 2.75) is 0 Å². The molecule has 0 aliphatic heterocycles. The van der Waals surface area contributed by atoms with E-state index in [1.165, 1.54) is 0 Å². The van der Waals surface area contributed by atoms with E-state index in [0.717, 1.165) is 0 Å². The fraction of sp³-hybridized carbons (Fsp3) is 0. The highest BCUT2D eigenvalue weighted by Crippen LogP contribution is 2.24. The quantitative estimate of drug-likeness (QED) is 0.677. The number of nitrogens with zero attached hydrogens (tertiary/aromatic N) is 1. The van der Waals surface area contributed by atoms with Crippen molar-refractivity contribution in [3.8, 4) is 11.3 Å². The molecule has 0 fully saturated rings. The van der Waals surface area contributed by atoms with Crippen molar-refractivity contribution in [2.24, 2.45) is 0 Å². The van der Waals surface area contributed by atoms with Crippen LogP contribution in [0.1, 0.15) is 5.48 Å². The average Bonchev–Trinajstić information content (AvgIpc) is 2.32. The highest BCUT2D eigenvalue weighted by Gasteiger charge is 2.01. The number of pyridine rings is 1. The molecule has 2 heteroatoms. The SMILES string of the molecule is [2H]c1nc(-c2ccccc2Cl)c([2H])c([2H])c1[2H]. The van der Waals surface area contributed by atoms with E-state index < -0.39 is 0 Å². The van der Waals surface area contributed by atoms with Gasteiger partial charge in [0.2, 0.25) is 0 Å². The predicted octanol–water partition coefficient (Wildman–Crippen LogP) is 3.40. The van der Waals surface area contributed by atoms with E-state index in [-0.39, 0.29) is 30.0 Å². The van der Waals surface area contributed by atoms with E-state index >= 15 is 0 Å². The number of aromatic nitrogens is 1. The Kier molecular flexibility index (Phi) is 1.32. The molecule has 0 aliphatic carbocycles. The van der Waals surface area contributed by atoms with Crippen LogP contribution >= 0.6 is 11.6 Å². The summed E-state index contributed by atoms with van der Waals surface area (Å²) < 4.78 is 30.2. The summed E-state index contributed by atoms with van der Waals surface area (Å²) in [5.74, 6) is 0. The maximum absolute atomic E-state index is 7.75. The molecule has 13 heavy (non-hydrogen) atoms. The van der Waals surface area contributed by atoms with E-state index in [4.69, 9.17) is 17.1 Å². The highest BCUT2D eigenvalue weighted by atomic mass is 35.5. The van der Waals surface area contributed by atoms with Crippen molar-refractivity contribution >= 4 is 11.6 Å². The molecule has 64 valence electrons. The Hall–Kier alpha value is -1.34. The first-order valence-corrected chi connectivity index (χ1v) is 4.09. The highest BCUT2D eigenvalue weighted by molar-refractivity contribution is 6.33. The van der Waals surface area contributed by atoms with Gasteiger partial charge in [0.25, 0.3) is 0 Å². The van der Waals surface area contributed by atoms with Crippen molar-refractivity contribution in [2.75, 3.05) is 0 Å². The van der Waals surface area contributed by atoms with Crippen LogP contribution in [0.2, 0.25) is 5.02 Å². The Balaban J connectivity index is 2.73. The molecule has 0 spiro atoms. The van der Waals surface area contributed by atoms with Gasteiger partial charge in [0.05, 0.1) is 11.2 Å². The molecule has 0 saturated carbocycles. The van der Waals surface area contributed by atoms with Gasteiger partial charge >= 0.3 is 0 Å². The van der Waals surface area contributed by atoms with Gasteiger partial charge in [-0.2, -0.15) is 0 Å². The van der Waals surface area contributed by atoms with Crippen LogP contribution in [-0.2, 0) is 0 Å². The zero-order chi connectivity index (χ0) is 12.6. The molecule has 0 bridgehead atoms. The fourth-order valence-electron chi connectivity index (χ4n) is 1.01. The second kappa shape index (κ2) is 3.58. The molecular weight excluding hydrogens is 182 g/mol. The van der Waals surface area contributed by atoms with Crippen molar-refractivity contribution in [1.29, 1.82) is 0 Å². The lowest BCUT2D eigenvalue weighted by Gasteiger charge is -2.01. The molecule has 0 aliphatic rings. The summed E-state index contributed by atoms with van der Waals surface area (Å²) in [5.41, 5.74) is 0.669. The Morgan fingerprint density at radius 2 is 2.08 bits per heavy atom. The molecule has 2 rings (SSSR count). The van der Waals surface area contributed by atoms with Gasteiger partial charge in [-0.15, -0.1) is 0 Å². The second-order valence-electron chi connectivity index (χ2n) is 2.43. The molecule has 0 atom stereocenters. The van der Waals surface area contributed by atoms with Gasteiger partial charge in [-0.1, -0.05) is 35.8 Å². The topological polar surface area (TPSA) is 12.9 Å².